The summed E-state index contributed by atoms with van der Waals surface area (Å²) >= 11 is 0. The third-order valence-electron chi connectivity index (χ3n) is 2.63. The zero-order valence-electron chi connectivity index (χ0n) is 10.2. The lowest BCUT2D eigenvalue weighted by Crippen LogP contribution is -2.09. The molecule has 0 saturated carbocycles. The molecule has 1 N–H and O–H groups in total. The molecule has 0 bridgehead atoms. The van der Waals surface area contributed by atoms with Crippen molar-refractivity contribution >= 4 is 9.84 Å². The highest BCUT2D eigenvalue weighted by Crippen LogP contribution is 2.26. The largest absolute Gasteiger partial charge is 0.508 e. The average molecular weight is 286 g/mol. The summed E-state index contributed by atoms with van der Waals surface area (Å²) in [5, 5.41) is 11.7. The van der Waals surface area contributed by atoms with Crippen LogP contribution in [0.5, 0.6) is 5.75 Å². The van der Waals surface area contributed by atoms with E-state index in [4.69, 9.17) is 9.63 Å². The Kier molecular flexibility index (Phi) is 3.27. The SMILES string of the molecule is CC(c1noc(-c2ccc(O)cc2F)n1)S(C)(=O)=O. The van der Waals surface area contributed by atoms with Gasteiger partial charge in [0.1, 0.15) is 16.8 Å². The van der Waals surface area contributed by atoms with E-state index in [2.05, 4.69) is 10.1 Å². The van der Waals surface area contributed by atoms with Gasteiger partial charge in [0.25, 0.3) is 5.89 Å². The average Bonchev–Trinajstić information content (AvgIpc) is 2.75. The topological polar surface area (TPSA) is 93.3 Å². The van der Waals surface area contributed by atoms with Crippen molar-refractivity contribution in [2.45, 2.75) is 12.2 Å². The molecular formula is C11H11FN2O4S. The van der Waals surface area contributed by atoms with Gasteiger partial charge < -0.3 is 9.63 Å². The molecular weight excluding hydrogens is 275 g/mol. The van der Waals surface area contributed by atoms with Crippen LogP contribution in [0.1, 0.15) is 18.0 Å². The predicted molar refractivity (Wildman–Crippen MR) is 64.6 cm³/mol. The number of sulfone groups is 1. The monoisotopic (exact) mass is 286 g/mol. The fourth-order valence-electron chi connectivity index (χ4n) is 1.38. The minimum absolute atomic E-state index is 0.00255. The Morgan fingerprint density at radius 3 is 2.68 bits per heavy atom. The van der Waals surface area contributed by atoms with Crippen molar-refractivity contribution in [1.29, 1.82) is 0 Å². The lowest BCUT2D eigenvalue weighted by Gasteiger charge is -2.01. The van der Waals surface area contributed by atoms with E-state index in [1.165, 1.54) is 19.1 Å². The Labute approximate surface area is 108 Å². The molecule has 2 rings (SSSR count). The quantitative estimate of drug-likeness (QED) is 0.922. The van der Waals surface area contributed by atoms with E-state index in [1.807, 2.05) is 0 Å². The first-order valence-corrected chi connectivity index (χ1v) is 7.26. The summed E-state index contributed by atoms with van der Waals surface area (Å²) in [5.74, 6) is -1.14. The lowest BCUT2D eigenvalue weighted by molar-refractivity contribution is 0.419. The second-order valence-electron chi connectivity index (χ2n) is 4.09. The highest BCUT2D eigenvalue weighted by molar-refractivity contribution is 7.90. The van der Waals surface area contributed by atoms with Crippen LogP contribution in [0.4, 0.5) is 4.39 Å². The summed E-state index contributed by atoms with van der Waals surface area (Å²) < 4.78 is 41.1. The van der Waals surface area contributed by atoms with Crippen LogP contribution in [0.2, 0.25) is 0 Å². The lowest BCUT2D eigenvalue weighted by atomic mass is 10.2. The van der Waals surface area contributed by atoms with Crippen molar-refractivity contribution in [3.63, 3.8) is 0 Å². The predicted octanol–water partition coefficient (Wildman–Crippen LogP) is 1.69. The number of halogens is 1. The van der Waals surface area contributed by atoms with Crippen molar-refractivity contribution in [3.05, 3.63) is 29.8 Å². The molecule has 0 aliphatic heterocycles. The van der Waals surface area contributed by atoms with Crippen LogP contribution in [0.15, 0.2) is 22.7 Å². The van der Waals surface area contributed by atoms with Gasteiger partial charge in [0.2, 0.25) is 0 Å². The van der Waals surface area contributed by atoms with Crippen LogP contribution in [-0.2, 0) is 9.84 Å². The summed E-state index contributed by atoms with van der Waals surface area (Å²) in [6.07, 6.45) is 1.05. The molecule has 1 unspecified atom stereocenters. The van der Waals surface area contributed by atoms with Crippen molar-refractivity contribution in [1.82, 2.24) is 10.1 Å². The number of aromatic hydroxyl groups is 1. The van der Waals surface area contributed by atoms with E-state index in [0.29, 0.717) is 0 Å². The van der Waals surface area contributed by atoms with Crippen LogP contribution < -0.4 is 0 Å². The minimum atomic E-state index is -3.36. The number of phenolic OH excluding ortho intramolecular Hbond substituents is 1. The maximum Gasteiger partial charge on any atom is 0.260 e. The molecule has 0 fully saturated rings. The second-order valence-corrected chi connectivity index (χ2v) is 6.46. The summed E-state index contributed by atoms with van der Waals surface area (Å²) in [6.45, 7) is 1.41. The van der Waals surface area contributed by atoms with Gasteiger partial charge in [-0.25, -0.2) is 12.8 Å². The van der Waals surface area contributed by atoms with Gasteiger partial charge in [-0.3, -0.25) is 0 Å². The Hall–Kier alpha value is -1.96. The first-order valence-electron chi connectivity index (χ1n) is 5.30. The van der Waals surface area contributed by atoms with E-state index in [1.54, 1.807) is 0 Å². The van der Waals surface area contributed by atoms with Gasteiger partial charge in [-0.1, -0.05) is 5.16 Å². The smallest absolute Gasteiger partial charge is 0.260 e. The Morgan fingerprint density at radius 1 is 1.42 bits per heavy atom. The molecule has 1 aromatic carbocycles. The zero-order chi connectivity index (χ0) is 14.2. The minimum Gasteiger partial charge on any atom is -0.508 e. The molecule has 0 saturated heterocycles. The van der Waals surface area contributed by atoms with E-state index < -0.39 is 20.9 Å². The first-order chi connectivity index (χ1) is 8.79. The number of hydrogen-bond donors (Lipinski definition) is 1. The maximum atomic E-state index is 13.6. The fraction of sp³-hybridized carbons (Fsp3) is 0.273. The van der Waals surface area contributed by atoms with Crippen molar-refractivity contribution in [2.24, 2.45) is 0 Å². The number of aromatic nitrogens is 2. The Balaban J connectivity index is 2.41. The molecule has 0 aliphatic rings. The van der Waals surface area contributed by atoms with Gasteiger partial charge >= 0.3 is 0 Å². The molecule has 1 heterocycles. The molecule has 0 aliphatic carbocycles. The molecule has 102 valence electrons. The number of phenols is 1. The number of benzene rings is 1. The molecule has 8 heteroatoms. The third kappa shape index (κ3) is 2.73. The molecule has 0 amide bonds. The molecule has 0 spiro atoms. The van der Waals surface area contributed by atoms with Crippen molar-refractivity contribution in [2.75, 3.05) is 6.26 Å². The maximum absolute atomic E-state index is 13.6. The van der Waals surface area contributed by atoms with Gasteiger partial charge in [-0.05, 0) is 19.1 Å². The van der Waals surface area contributed by atoms with Gasteiger partial charge in [-0.2, -0.15) is 4.98 Å². The second kappa shape index (κ2) is 4.61. The molecule has 1 atom stereocenters. The Morgan fingerprint density at radius 2 is 2.11 bits per heavy atom. The first kappa shape index (κ1) is 13.5. The molecule has 19 heavy (non-hydrogen) atoms. The molecule has 6 nitrogen and oxygen atoms in total. The molecule has 0 radical (unpaired) electrons. The molecule has 2 aromatic rings. The van der Waals surface area contributed by atoms with Crippen LogP contribution in [0.3, 0.4) is 0 Å². The summed E-state index contributed by atoms with van der Waals surface area (Å²) in [5.41, 5.74) is -0.00255. The third-order valence-corrected chi connectivity index (χ3v) is 4.13. The van der Waals surface area contributed by atoms with E-state index in [9.17, 15) is 12.8 Å². The van der Waals surface area contributed by atoms with Crippen molar-refractivity contribution < 1.29 is 22.4 Å². The van der Waals surface area contributed by atoms with E-state index in [-0.39, 0.29) is 23.0 Å². The number of nitrogens with zero attached hydrogens (tertiary/aromatic N) is 2. The normalized spacial score (nSPS) is 13.4. The van der Waals surface area contributed by atoms with Crippen LogP contribution in [0, 0.1) is 5.82 Å². The summed E-state index contributed by atoms with van der Waals surface area (Å²) in [7, 11) is -3.36. The highest BCUT2D eigenvalue weighted by Gasteiger charge is 2.24. The molecule has 1 aromatic heterocycles. The van der Waals surface area contributed by atoms with E-state index >= 15 is 0 Å². The highest BCUT2D eigenvalue weighted by atomic mass is 32.2. The van der Waals surface area contributed by atoms with Crippen LogP contribution in [0.25, 0.3) is 11.5 Å². The standard InChI is InChI=1S/C11H11FN2O4S/c1-6(19(2,16)17)10-13-11(18-14-10)8-4-3-7(15)5-9(8)12/h3-6,15H,1-2H3. The van der Waals surface area contributed by atoms with E-state index in [0.717, 1.165) is 12.3 Å². The van der Waals surface area contributed by atoms with Gasteiger partial charge in [0.15, 0.2) is 15.7 Å². The summed E-state index contributed by atoms with van der Waals surface area (Å²) in [6, 6.07) is 3.44. The van der Waals surface area contributed by atoms with Crippen LogP contribution in [-0.4, -0.2) is 29.9 Å². The van der Waals surface area contributed by atoms with Crippen LogP contribution >= 0.6 is 0 Å². The number of rotatable bonds is 3. The Bertz CT molecular complexity index is 711. The number of hydrogen-bond acceptors (Lipinski definition) is 6. The van der Waals surface area contributed by atoms with Gasteiger partial charge in [-0.15, -0.1) is 0 Å². The fourth-order valence-corrected chi connectivity index (χ4v) is 1.86. The van der Waals surface area contributed by atoms with Gasteiger partial charge in [0, 0.05) is 12.3 Å². The summed E-state index contributed by atoms with van der Waals surface area (Å²) in [4.78, 5) is 3.86. The zero-order valence-corrected chi connectivity index (χ0v) is 11.0. The van der Waals surface area contributed by atoms with Crippen molar-refractivity contribution in [3.8, 4) is 17.2 Å². The van der Waals surface area contributed by atoms with Gasteiger partial charge in [0.05, 0.1) is 5.56 Å².